The maximum atomic E-state index is 12.9. The number of rotatable bonds is 2. The Morgan fingerprint density at radius 1 is 1.30 bits per heavy atom. The minimum Gasteiger partial charge on any atom is -0.367 e. The van der Waals surface area contributed by atoms with Gasteiger partial charge in [-0.15, -0.1) is 0 Å². The molecule has 2 N–H and O–H groups in total. The van der Waals surface area contributed by atoms with E-state index in [1.54, 1.807) is 11.8 Å². The molecular formula is C17H21N3O3. The molecule has 0 spiro atoms. The molecule has 1 aromatic carbocycles. The summed E-state index contributed by atoms with van der Waals surface area (Å²) >= 11 is 0. The molecule has 2 amide bonds. The molecule has 6 nitrogen and oxygen atoms in total. The molecule has 1 atom stereocenters. The van der Waals surface area contributed by atoms with Crippen molar-refractivity contribution in [3.63, 3.8) is 0 Å². The van der Waals surface area contributed by atoms with Crippen molar-refractivity contribution in [1.29, 1.82) is 0 Å². The van der Waals surface area contributed by atoms with Gasteiger partial charge in [0.15, 0.2) is 5.60 Å². The fraction of sp³-hybridized carbons (Fsp3) is 0.412. The van der Waals surface area contributed by atoms with Crippen LogP contribution in [0.1, 0.15) is 23.0 Å². The van der Waals surface area contributed by atoms with Crippen molar-refractivity contribution >= 4 is 22.7 Å². The second-order valence-electron chi connectivity index (χ2n) is 6.32. The molecule has 0 bridgehead atoms. The number of fused-ring (bicyclic) bond motifs is 1. The fourth-order valence-electron chi connectivity index (χ4n) is 3.03. The molecule has 1 fully saturated rings. The summed E-state index contributed by atoms with van der Waals surface area (Å²) in [6.07, 6.45) is 0. The predicted molar refractivity (Wildman–Crippen MR) is 87.1 cm³/mol. The molecule has 1 saturated heterocycles. The second kappa shape index (κ2) is 5.38. The van der Waals surface area contributed by atoms with Gasteiger partial charge in [0.25, 0.3) is 11.8 Å². The van der Waals surface area contributed by atoms with E-state index in [0.717, 1.165) is 16.5 Å². The van der Waals surface area contributed by atoms with Crippen molar-refractivity contribution in [2.24, 2.45) is 12.8 Å². The van der Waals surface area contributed by atoms with Gasteiger partial charge in [0.1, 0.15) is 5.69 Å². The molecule has 122 valence electrons. The SMILES string of the molecule is Cc1ccc2c(c1)cc(C(=O)N1CCOC(C)(C(N)=O)C1)n2C. The number of hydrogen-bond acceptors (Lipinski definition) is 3. The van der Waals surface area contributed by atoms with E-state index in [0.29, 0.717) is 18.8 Å². The lowest BCUT2D eigenvalue weighted by Gasteiger charge is -2.38. The molecule has 2 heterocycles. The van der Waals surface area contributed by atoms with Gasteiger partial charge < -0.3 is 19.9 Å². The molecule has 0 saturated carbocycles. The summed E-state index contributed by atoms with van der Waals surface area (Å²) in [4.78, 5) is 26.1. The van der Waals surface area contributed by atoms with Crippen LogP contribution in [0, 0.1) is 6.92 Å². The van der Waals surface area contributed by atoms with Gasteiger partial charge in [0.05, 0.1) is 13.2 Å². The van der Waals surface area contributed by atoms with Crippen LogP contribution in [0.3, 0.4) is 0 Å². The average molecular weight is 315 g/mol. The van der Waals surface area contributed by atoms with Crippen LogP contribution in [0.4, 0.5) is 0 Å². The number of benzene rings is 1. The van der Waals surface area contributed by atoms with Gasteiger partial charge in [-0.2, -0.15) is 0 Å². The van der Waals surface area contributed by atoms with Crippen molar-refractivity contribution in [3.8, 4) is 0 Å². The number of morpholine rings is 1. The summed E-state index contributed by atoms with van der Waals surface area (Å²) in [5.41, 5.74) is 7.02. The molecule has 0 radical (unpaired) electrons. The zero-order valence-corrected chi connectivity index (χ0v) is 13.6. The molecular weight excluding hydrogens is 294 g/mol. The van der Waals surface area contributed by atoms with E-state index < -0.39 is 11.5 Å². The predicted octanol–water partition coefficient (Wildman–Crippen LogP) is 1.20. The second-order valence-corrected chi connectivity index (χ2v) is 6.32. The molecule has 0 aliphatic carbocycles. The number of nitrogens with two attached hydrogens (primary N) is 1. The summed E-state index contributed by atoms with van der Waals surface area (Å²) in [5, 5.41) is 1.03. The van der Waals surface area contributed by atoms with E-state index in [1.165, 1.54) is 0 Å². The lowest BCUT2D eigenvalue weighted by molar-refractivity contribution is -0.150. The topological polar surface area (TPSA) is 77.6 Å². The van der Waals surface area contributed by atoms with Crippen molar-refractivity contribution in [1.82, 2.24) is 9.47 Å². The third-order valence-electron chi connectivity index (χ3n) is 4.50. The number of aromatic nitrogens is 1. The van der Waals surface area contributed by atoms with Crippen molar-refractivity contribution in [2.45, 2.75) is 19.4 Å². The van der Waals surface area contributed by atoms with E-state index >= 15 is 0 Å². The molecule has 1 aliphatic rings. The van der Waals surface area contributed by atoms with Gasteiger partial charge in [-0.3, -0.25) is 9.59 Å². The Labute approximate surface area is 134 Å². The summed E-state index contributed by atoms with van der Waals surface area (Å²) in [6, 6.07) is 7.98. The van der Waals surface area contributed by atoms with Crippen LogP contribution in [0.25, 0.3) is 10.9 Å². The quantitative estimate of drug-likeness (QED) is 0.904. The number of primary amides is 1. The average Bonchev–Trinajstić information content (AvgIpc) is 2.82. The van der Waals surface area contributed by atoms with Gasteiger partial charge in [-0.25, -0.2) is 0 Å². The first-order valence-electron chi connectivity index (χ1n) is 7.61. The maximum absolute atomic E-state index is 12.9. The van der Waals surface area contributed by atoms with Gasteiger partial charge in [-0.05, 0) is 32.0 Å². The summed E-state index contributed by atoms with van der Waals surface area (Å²) in [5.74, 6) is -0.667. The highest BCUT2D eigenvalue weighted by atomic mass is 16.5. The molecule has 3 rings (SSSR count). The van der Waals surface area contributed by atoms with E-state index in [2.05, 4.69) is 6.07 Å². The summed E-state index contributed by atoms with van der Waals surface area (Å²) in [6.45, 7) is 4.56. The number of carbonyl (C=O) groups excluding carboxylic acids is 2. The number of carbonyl (C=O) groups is 2. The van der Waals surface area contributed by atoms with Crippen molar-refractivity contribution in [2.75, 3.05) is 19.7 Å². The maximum Gasteiger partial charge on any atom is 0.270 e. The number of hydrogen-bond donors (Lipinski definition) is 1. The van der Waals surface area contributed by atoms with Crippen molar-refractivity contribution < 1.29 is 14.3 Å². The number of aryl methyl sites for hydroxylation is 2. The van der Waals surface area contributed by atoms with Gasteiger partial charge in [0, 0.05) is 24.5 Å². The third-order valence-corrected chi connectivity index (χ3v) is 4.50. The monoisotopic (exact) mass is 315 g/mol. The van der Waals surface area contributed by atoms with Crippen LogP contribution < -0.4 is 5.73 Å². The Bertz CT molecular complexity index is 796. The van der Waals surface area contributed by atoms with E-state index in [9.17, 15) is 9.59 Å². The Morgan fingerprint density at radius 3 is 2.74 bits per heavy atom. The molecule has 1 aromatic heterocycles. The van der Waals surface area contributed by atoms with Crippen LogP contribution in [0.2, 0.25) is 0 Å². The molecule has 23 heavy (non-hydrogen) atoms. The number of amides is 2. The molecule has 2 aromatic rings. The van der Waals surface area contributed by atoms with Gasteiger partial charge >= 0.3 is 0 Å². The highest BCUT2D eigenvalue weighted by molar-refractivity contribution is 5.99. The van der Waals surface area contributed by atoms with Crippen LogP contribution >= 0.6 is 0 Å². The Morgan fingerprint density at radius 2 is 2.04 bits per heavy atom. The lowest BCUT2D eigenvalue weighted by Crippen LogP contribution is -2.58. The Kier molecular flexibility index (Phi) is 3.64. The Balaban J connectivity index is 1.94. The summed E-state index contributed by atoms with van der Waals surface area (Å²) in [7, 11) is 1.87. The van der Waals surface area contributed by atoms with E-state index in [-0.39, 0.29) is 12.5 Å². The minimum atomic E-state index is -1.13. The molecule has 6 heteroatoms. The van der Waals surface area contributed by atoms with E-state index in [1.807, 2.05) is 36.7 Å². The van der Waals surface area contributed by atoms with E-state index in [4.69, 9.17) is 10.5 Å². The molecule has 1 unspecified atom stereocenters. The van der Waals surface area contributed by atoms with Gasteiger partial charge in [0.2, 0.25) is 0 Å². The standard InChI is InChI=1S/C17H21N3O3/c1-11-4-5-13-12(8-11)9-14(19(13)3)15(21)20-6-7-23-17(2,10-20)16(18)22/h4-5,8-9H,6-7,10H2,1-3H3,(H2,18,22). The highest BCUT2D eigenvalue weighted by Crippen LogP contribution is 2.24. The minimum absolute atomic E-state index is 0.114. The molecule has 1 aliphatic heterocycles. The van der Waals surface area contributed by atoms with Crippen LogP contribution in [0.5, 0.6) is 0 Å². The third kappa shape index (κ3) is 2.59. The fourth-order valence-corrected chi connectivity index (χ4v) is 3.03. The number of ether oxygens (including phenoxy) is 1. The van der Waals surface area contributed by atoms with Crippen LogP contribution in [0.15, 0.2) is 24.3 Å². The first kappa shape index (κ1) is 15.6. The Hall–Kier alpha value is -2.34. The largest absolute Gasteiger partial charge is 0.367 e. The first-order chi connectivity index (χ1) is 10.8. The van der Waals surface area contributed by atoms with Crippen LogP contribution in [-0.2, 0) is 16.6 Å². The first-order valence-corrected chi connectivity index (χ1v) is 7.61. The highest BCUT2D eigenvalue weighted by Gasteiger charge is 2.39. The zero-order valence-electron chi connectivity index (χ0n) is 13.6. The van der Waals surface area contributed by atoms with Crippen LogP contribution in [-0.4, -0.2) is 46.6 Å². The van der Waals surface area contributed by atoms with Crippen molar-refractivity contribution in [3.05, 3.63) is 35.5 Å². The summed E-state index contributed by atoms with van der Waals surface area (Å²) < 4.78 is 7.36. The smallest absolute Gasteiger partial charge is 0.270 e. The number of nitrogens with zero attached hydrogens (tertiary/aromatic N) is 2. The van der Waals surface area contributed by atoms with Gasteiger partial charge in [-0.1, -0.05) is 11.6 Å². The normalized spacial score (nSPS) is 21.6. The lowest BCUT2D eigenvalue weighted by atomic mass is 10.0. The zero-order chi connectivity index (χ0) is 16.8.